The first kappa shape index (κ1) is 20.6. The number of nitro groups is 1. The predicted molar refractivity (Wildman–Crippen MR) is 110 cm³/mol. The number of hydrogen-bond donors (Lipinski definition) is 1. The van der Waals surface area contributed by atoms with E-state index in [4.69, 9.17) is 0 Å². The van der Waals surface area contributed by atoms with Gasteiger partial charge in [-0.3, -0.25) is 29.1 Å². The summed E-state index contributed by atoms with van der Waals surface area (Å²) in [7, 11) is 0. The molecule has 2 amide bonds. The summed E-state index contributed by atoms with van der Waals surface area (Å²) in [5.74, 6) is 1.32. The number of thioether (sulfide) groups is 1. The van der Waals surface area contributed by atoms with E-state index in [0.717, 1.165) is 47.5 Å². The van der Waals surface area contributed by atoms with Crippen LogP contribution in [0.4, 0.5) is 11.4 Å². The molecular weight excluding hydrogens is 396 g/mol. The van der Waals surface area contributed by atoms with Gasteiger partial charge in [0, 0.05) is 48.0 Å². The van der Waals surface area contributed by atoms with Crippen molar-refractivity contribution in [1.82, 2.24) is 9.47 Å². The van der Waals surface area contributed by atoms with Crippen LogP contribution in [0.3, 0.4) is 0 Å². The van der Waals surface area contributed by atoms with Crippen LogP contribution in [0, 0.1) is 17.0 Å². The van der Waals surface area contributed by atoms with Gasteiger partial charge in [-0.15, -0.1) is 0 Å². The molecule has 3 rings (SSSR count). The Hall–Kier alpha value is -3.14. The molecule has 10 heteroatoms. The fourth-order valence-corrected chi connectivity index (χ4v) is 3.88. The van der Waals surface area contributed by atoms with Gasteiger partial charge in [0.2, 0.25) is 5.91 Å². The number of aromatic nitrogens is 1. The molecule has 1 fully saturated rings. The molecule has 0 atom stereocenters. The summed E-state index contributed by atoms with van der Waals surface area (Å²) in [4.78, 5) is 48.8. The van der Waals surface area contributed by atoms with Crippen molar-refractivity contribution in [1.29, 1.82) is 0 Å². The molecule has 1 aromatic heterocycles. The first-order valence-corrected chi connectivity index (χ1v) is 10.1. The second-order valence-corrected chi connectivity index (χ2v) is 7.82. The molecule has 2 aromatic rings. The van der Waals surface area contributed by atoms with E-state index in [1.54, 1.807) is 25.1 Å². The van der Waals surface area contributed by atoms with Gasteiger partial charge in [0.15, 0.2) is 0 Å². The highest BCUT2D eigenvalue weighted by Gasteiger charge is 2.19. The smallest absolute Gasteiger partial charge is 0.285 e. The van der Waals surface area contributed by atoms with Gasteiger partial charge in [-0.25, -0.2) is 0 Å². The number of carbonyl (C=O) groups excluding carboxylic acids is 2. The maximum absolute atomic E-state index is 12.6. The highest BCUT2D eigenvalue weighted by molar-refractivity contribution is 7.99. The molecule has 0 aliphatic carbocycles. The molecule has 2 heterocycles. The normalized spacial score (nSPS) is 13.8. The first-order chi connectivity index (χ1) is 13.8. The quantitative estimate of drug-likeness (QED) is 0.588. The number of amides is 2. The molecule has 9 nitrogen and oxygen atoms in total. The fourth-order valence-electron chi connectivity index (χ4n) is 2.98. The third-order valence-corrected chi connectivity index (χ3v) is 5.48. The Labute approximate surface area is 170 Å². The number of aryl methyl sites for hydroxylation is 1. The highest BCUT2D eigenvalue weighted by atomic mass is 32.2. The molecule has 29 heavy (non-hydrogen) atoms. The van der Waals surface area contributed by atoms with Crippen molar-refractivity contribution in [2.75, 3.05) is 29.9 Å². The molecule has 1 aromatic carbocycles. The minimum absolute atomic E-state index is 0.0329. The summed E-state index contributed by atoms with van der Waals surface area (Å²) in [6.07, 6.45) is 1.04. The Morgan fingerprint density at radius 2 is 1.93 bits per heavy atom. The van der Waals surface area contributed by atoms with E-state index in [1.165, 1.54) is 0 Å². The molecule has 1 aliphatic rings. The molecule has 1 saturated heterocycles. The van der Waals surface area contributed by atoms with Gasteiger partial charge in [-0.05, 0) is 30.7 Å². The summed E-state index contributed by atoms with van der Waals surface area (Å²) < 4.78 is 0.981. The largest absolute Gasteiger partial charge is 0.337 e. The standard InChI is InChI=1S/C19H20N4O5S/c1-13-10-14(19(26)21-6-8-29-9-7-21)2-4-16(13)20-17(24)12-22-11-15(23(27)28)3-5-18(22)25/h2-5,10-11H,6-9,12H2,1H3,(H,20,24). The SMILES string of the molecule is Cc1cc(C(=O)N2CCSCC2)ccc1NC(=O)Cn1cc([N+](=O)[O-])ccc1=O. The lowest BCUT2D eigenvalue weighted by Gasteiger charge is -2.26. The van der Waals surface area contributed by atoms with Crippen molar-refractivity contribution in [2.45, 2.75) is 13.5 Å². The minimum atomic E-state index is -0.630. The molecule has 1 aliphatic heterocycles. The summed E-state index contributed by atoms with van der Waals surface area (Å²) in [5, 5.41) is 13.5. The maximum atomic E-state index is 12.6. The van der Waals surface area contributed by atoms with Crippen LogP contribution in [0.2, 0.25) is 0 Å². The topological polar surface area (TPSA) is 115 Å². The highest BCUT2D eigenvalue weighted by Crippen LogP contribution is 2.19. The van der Waals surface area contributed by atoms with Crippen LogP contribution in [0.1, 0.15) is 15.9 Å². The van der Waals surface area contributed by atoms with E-state index in [-0.39, 0.29) is 18.1 Å². The molecule has 1 N–H and O–H groups in total. The summed E-state index contributed by atoms with van der Waals surface area (Å²) in [6, 6.07) is 7.18. The van der Waals surface area contributed by atoms with Crippen LogP contribution in [-0.4, -0.2) is 50.8 Å². The first-order valence-electron chi connectivity index (χ1n) is 8.97. The number of carbonyl (C=O) groups is 2. The van der Waals surface area contributed by atoms with Crippen molar-refractivity contribution in [3.05, 3.63) is 68.1 Å². The zero-order chi connectivity index (χ0) is 21.0. The van der Waals surface area contributed by atoms with Crippen molar-refractivity contribution in [3.8, 4) is 0 Å². The molecule has 0 spiro atoms. The van der Waals surface area contributed by atoms with E-state index < -0.39 is 16.4 Å². The third kappa shape index (κ3) is 5.02. The Morgan fingerprint density at radius 3 is 2.59 bits per heavy atom. The second kappa shape index (κ2) is 8.91. The van der Waals surface area contributed by atoms with E-state index in [1.807, 2.05) is 16.7 Å². The third-order valence-electron chi connectivity index (χ3n) is 4.54. The Morgan fingerprint density at radius 1 is 1.21 bits per heavy atom. The monoisotopic (exact) mass is 416 g/mol. The van der Waals surface area contributed by atoms with Gasteiger partial charge in [0.05, 0.1) is 11.1 Å². The Balaban J connectivity index is 1.69. The Kier molecular flexibility index (Phi) is 6.32. The predicted octanol–water partition coefficient (Wildman–Crippen LogP) is 1.89. The van der Waals surface area contributed by atoms with Gasteiger partial charge in [-0.1, -0.05) is 0 Å². The van der Waals surface area contributed by atoms with Gasteiger partial charge >= 0.3 is 0 Å². The molecule has 0 saturated carbocycles. The summed E-state index contributed by atoms with van der Waals surface area (Å²) in [6.45, 7) is 2.86. The Bertz CT molecular complexity index is 1010. The van der Waals surface area contributed by atoms with Crippen molar-refractivity contribution in [2.24, 2.45) is 0 Å². The lowest BCUT2D eigenvalue weighted by Crippen LogP contribution is -2.37. The average Bonchev–Trinajstić information content (AvgIpc) is 2.71. The molecule has 152 valence electrons. The second-order valence-electron chi connectivity index (χ2n) is 6.59. The molecule has 0 bridgehead atoms. The van der Waals surface area contributed by atoms with Crippen LogP contribution in [0.15, 0.2) is 41.3 Å². The van der Waals surface area contributed by atoms with Crippen LogP contribution in [0.25, 0.3) is 0 Å². The number of pyridine rings is 1. The van der Waals surface area contributed by atoms with Gasteiger partial charge in [0.1, 0.15) is 6.54 Å². The van der Waals surface area contributed by atoms with E-state index in [2.05, 4.69) is 5.32 Å². The average molecular weight is 416 g/mol. The maximum Gasteiger partial charge on any atom is 0.285 e. The van der Waals surface area contributed by atoms with Crippen LogP contribution < -0.4 is 10.9 Å². The van der Waals surface area contributed by atoms with Gasteiger partial charge in [-0.2, -0.15) is 11.8 Å². The number of hydrogen-bond acceptors (Lipinski definition) is 6. The number of benzene rings is 1. The van der Waals surface area contributed by atoms with Crippen molar-refractivity contribution in [3.63, 3.8) is 0 Å². The number of anilines is 1. The van der Waals surface area contributed by atoms with Crippen LogP contribution in [0.5, 0.6) is 0 Å². The summed E-state index contributed by atoms with van der Waals surface area (Å²) in [5.41, 5.74) is 0.999. The van der Waals surface area contributed by atoms with Gasteiger partial charge in [0.25, 0.3) is 17.2 Å². The van der Waals surface area contributed by atoms with Crippen LogP contribution in [-0.2, 0) is 11.3 Å². The number of nitrogens with zero attached hydrogens (tertiary/aromatic N) is 3. The molecule has 0 unspecified atom stereocenters. The van der Waals surface area contributed by atoms with E-state index >= 15 is 0 Å². The minimum Gasteiger partial charge on any atom is -0.337 e. The van der Waals surface area contributed by atoms with Crippen LogP contribution >= 0.6 is 11.8 Å². The molecular formula is C19H20N4O5S. The zero-order valence-corrected chi connectivity index (χ0v) is 16.6. The van der Waals surface area contributed by atoms with E-state index in [0.29, 0.717) is 16.8 Å². The molecule has 0 radical (unpaired) electrons. The lowest BCUT2D eigenvalue weighted by atomic mass is 10.1. The van der Waals surface area contributed by atoms with Crippen molar-refractivity contribution < 1.29 is 14.5 Å². The zero-order valence-electron chi connectivity index (χ0n) is 15.8. The van der Waals surface area contributed by atoms with Crippen molar-refractivity contribution >= 4 is 35.0 Å². The number of rotatable bonds is 5. The lowest BCUT2D eigenvalue weighted by molar-refractivity contribution is -0.385. The van der Waals surface area contributed by atoms with E-state index in [9.17, 15) is 24.5 Å². The number of nitrogens with one attached hydrogen (secondary N) is 1. The fraction of sp³-hybridized carbons (Fsp3) is 0.316. The summed E-state index contributed by atoms with van der Waals surface area (Å²) >= 11 is 1.82. The van der Waals surface area contributed by atoms with Gasteiger partial charge < -0.3 is 10.2 Å².